The Bertz CT molecular complexity index is 639. The minimum Gasteiger partial charge on any atom is -0.481 e. The summed E-state index contributed by atoms with van der Waals surface area (Å²) in [6.45, 7) is 0. The number of alkyl halides is 3. The number of carboxylic acid groups (broad SMARTS) is 1. The lowest BCUT2D eigenvalue weighted by Gasteiger charge is -2.09. The number of hydrogen-bond donors (Lipinski definition) is 1. The van der Waals surface area contributed by atoms with Crippen molar-refractivity contribution in [1.82, 2.24) is 4.98 Å². The Morgan fingerprint density at radius 3 is 2.38 bits per heavy atom. The third kappa shape index (κ3) is 4.20. The molecule has 0 saturated heterocycles. The third-order valence-electron chi connectivity index (χ3n) is 2.52. The van der Waals surface area contributed by atoms with Crippen molar-refractivity contribution in [2.24, 2.45) is 0 Å². The molecule has 4 nitrogen and oxygen atoms in total. The van der Waals surface area contributed by atoms with E-state index in [9.17, 15) is 18.0 Å². The first-order valence-corrected chi connectivity index (χ1v) is 5.87. The van der Waals surface area contributed by atoms with E-state index in [0.29, 0.717) is 5.56 Å². The summed E-state index contributed by atoms with van der Waals surface area (Å²) in [6, 6.07) is 9.35. The maximum absolute atomic E-state index is 12.5. The molecule has 0 atom stereocenters. The number of carboxylic acids is 1. The van der Waals surface area contributed by atoms with Crippen molar-refractivity contribution in [3.8, 4) is 11.6 Å². The maximum atomic E-state index is 12.5. The van der Waals surface area contributed by atoms with Crippen LogP contribution in [0.2, 0.25) is 0 Å². The number of pyridine rings is 1. The zero-order valence-electron chi connectivity index (χ0n) is 10.6. The van der Waals surface area contributed by atoms with Gasteiger partial charge in [0.05, 0.1) is 6.42 Å². The zero-order valence-corrected chi connectivity index (χ0v) is 10.6. The van der Waals surface area contributed by atoms with Crippen LogP contribution < -0.4 is 4.74 Å². The van der Waals surface area contributed by atoms with Crippen molar-refractivity contribution < 1.29 is 27.8 Å². The first kappa shape index (κ1) is 14.8. The van der Waals surface area contributed by atoms with Crippen LogP contribution in [0.25, 0.3) is 0 Å². The molecule has 0 spiro atoms. The Morgan fingerprint density at radius 2 is 1.81 bits per heavy atom. The van der Waals surface area contributed by atoms with E-state index in [1.165, 1.54) is 36.4 Å². The van der Waals surface area contributed by atoms with Crippen LogP contribution >= 0.6 is 0 Å². The van der Waals surface area contributed by atoms with Crippen molar-refractivity contribution in [3.05, 3.63) is 53.7 Å². The Labute approximate surface area is 117 Å². The van der Waals surface area contributed by atoms with Crippen LogP contribution in [0.3, 0.4) is 0 Å². The molecule has 0 unspecified atom stereocenters. The fraction of sp³-hybridized carbons (Fsp3) is 0.143. The largest absolute Gasteiger partial charge is 0.481 e. The molecule has 0 bridgehead atoms. The maximum Gasteiger partial charge on any atom is 0.433 e. The summed E-state index contributed by atoms with van der Waals surface area (Å²) in [5, 5.41) is 8.63. The second kappa shape index (κ2) is 5.82. The highest BCUT2D eigenvalue weighted by Gasteiger charge is 2.32. The van der Waals surface area contributed by atoms with Gasteiger partial charge in [0.25, 0.3) is 0 Å². The van der Waals surface area contributed by atoms with E-state index in [0.717, 1.165) is 6.07 Å². The Morgan fingerprint density at radius 1 is 1.14 bits per heavy atom. The van der Waals surface area contributed by atoms with Gasteiger partial charge in [-0.1, -0.05) is 18.2 Å². The fourth-order valence-electron chi connectivity index (χ4n) is 1.60. The molecule has 0 aliphatic rings. The number of hydrogen-bond acceptors (Lipinski definition) is 3. The Hall–Kier alpha value is -2.57. The van der Waals surface area contributed by atoms with Gasteiger partial charge in [0.15, 0.2) is 0 Å². The van der Waals surface area contributed by atoms with Gasteiger partial charge in [-0.2, -0.15) is 13.2 Å². The number of nitrogens with zero attached hydrogens (tertiary/aromatic N) is 1. The summed E-state index contributed by atoms with van der Waals surface area (Å²) in [7, 11) is 0. The summed E-state index contributed by atoms with van der Waals surface area (Å²) in [5.41, 5.74) is -0.477. The molecule has 7 heteroatoms. The molecule has 2 rings (SSSR count). The molecule has 1 aromatic heterocycles. The number of carbonyl (C=O) groups is 1. The molecule has 0 aliphatic heterocycles. The van der Waals surface area contributed by atoms with Crippen LogP contribution in [0.15, 0.2) is 42.5 Å². The molecule has 0 radical (unpaired) electrons. The number of aromatic nitrogens is 1. The highest BCUT2D eigenvalue weighted by Crippen LogP contribution is 2.29. The molecule has 0 amide bonds. The molecule has 0 fully saturated rings. The standard InChI is InChI=1S/C14H10F3NO3/c15-14(16,17)11-2-1-3-12(18-11)21-10-6-4-9(5-7-10)8-13(19)20/h1-7H,8H2,(H,19,20). The smallest absolute Gasteiger partial charge is 0.433 e. The summed E-state index contributed by atoms with van der Waals surface area (Å²) < 4.78 is 42.7. The van der Waals surface area contributed by atoms with E-state index in [-0.39, 0.29) is 18.1 Å². The normalized spacial score (nSPS) is 11.2. The predicted molar refractivity (Wildman–Crippen MR) is 67.1 cm³/mol. The highest BCUT2D eigenvalue weighted by molar-refractivity contribution is 5.70. The lowest BCUT2D eigenvalue weighted by Crippen LogP contribution is -2.07. The topological polar surface area (TPSA) is 59.4 Å². The molecule has 1 aromatic carbocycles. The molecule has 21 heavy (non-hydrogen) atoms. The van der Waals surface area contributed by atoms with Gasteiger partial charge in [-0.05, 0) is 23.8 Å². The molecular weight excluding hydrogens is 287 g/mol. The van der Waals surface area contributed by atoms with Crippen LogP contribution in [0.5, 0.6) is 11.6 Å². The van der Waals surface area contributed by atoms with Crippen LogP contribution in [-0.2, 0) is 17.4 Å². The van der Waals surface area contributed by atoms with E-state index in [1.807, 2.05) is 0 Å². The second-order valence-corrected chi connectivity index (χ2v) is 4.18. The highest BCUT2D eigenvalue weighted by atomic mass is 19.4. The number of benzene rings is 1. The first-order valence-electron chi connectivity index (χ1n) is 5.87. The average Bonchev–Trinajstić information content (AvgIpc) is 2.40. The van der Waals surface area contributed by atoms with Gasteiger partial charge in [0.1, 0.15) is 11.4 Å². The van der Waals surface area contributed by atoms with Gasteiger partial charge in [-0.3, -0.25) is 4.79 Å². The van der Waals surface area contributed by atoms with E-state index >= 15 is 0 Å². The lowest BCUT2D eigenvalue weighted by molar-refractivity contribution is -0.141. The Kier molecular flexibility index (Phi) is 4.11. The molecule has 1 heterocycles. The molecule has 0 saturated carbocycles. The summed E-state index contributed by atoms with van der Waals surface area (Å²) >= 11 is 0. The molecule has 110 valence electrons. The van der Waals surface area contributed by atoms with Crippen LogP contribution in [-0.4, -0.2) is 16.1 Å². The first-order chi connectivity index (χ1) is 9.84. The van der Waals surface area contributed by atoms with Crippen molar-refractivity contribution in [3.63, 3.8) is 0 Å². The minimum atomic E-state index is -4.54. The fourth-order valence-corrected chi connectivity index (χ4v) is 1.60. The van der Waals surface area contributed by atoms with E-state index < -0.39 is 17.8 Å². The van der Waals surface area contributed by atoms with Crippen molar-refractivity contribution in [2.45, 2.75) is 12.6 Å². The van der Waals surface area contributed by atoms with Crippen LogP contribution in [0.1, 0.15) is 11.3 Å². The van der Waals surface area contributed by atoms with Gasteiger partial charge in [-0.25, -0.2) is 4.98 Å². The zero-order chi connectivity index (χ0) is 15.5. The number of ether oxygens (including phenoxy) is 1. The van der Waals surface area contributed by atoms with Gasteiger partial charge < -0.3 is 9.84 Å². The molecular formula is C14H10F3NO3. The van der Waals surface area contributed by atoms with Gasteiger partial charge in [-0.15, -0.1) is 0 Å². The SMILES string of the molecule is O=C(O)Cc1ccc(Oc2cccc(C(F)(F)F)n2)cc1. The lowest BCUT2D eigenvalue weighted by atomic mass is 10.1. The van der Waals surface area contributed by atoms with Crippen molar-refractivity contribution in [2.75, 3.05) is 0 Å². The molecule has 2 aromatic rings. The van der Waals surface area contributed by atoms with E-state index in [2.05, 4.69) is 4.98 Å². The second-order valence-electron chi connectivity index (χ2n) is 4.18. The number of aliphatic carboxylic acids is 1. The van der Waals surface area contributed by atoms with E-state index in [4.69, 9.17) is 9.84 Å². The number of rotatable bonds is 4. The Balaban J connectivity index is 2.13. The van der Waals surface area contributed by atoms with Crippen molar-refractivity contribution >= 4 is 5.97 Å². The summed E-state index contributed by atoms with van der Waals surface area (Å²) in [6.07, 6.45) is -4.67. The monoisotopic (exact) mass is 297 g/mol. The van der Waals surface area contributed by atoms with E-state index in [1.54, 1.807) is 0 Å². The van der Waals surface area contributed by atoms with Gasteiger partial charge >= 0.3 is 12.1 Å². The summed E-state index contributed by atoms with van der Waals surface area (Å²) in [5.74, 6) is -0.880. The van der Waals surface area contributed by atoms with Crippen LogP contribution in [0.4, 0.5) is 13.2 Å². The van der Waals surface area contributed by atoms with Crippen LogP contribution in [0, 0.1) is 0 Å². The van der Waals surface area contributed by atoms with Gasteiger partial charge in [0.2, 0.25) is 5.88 Å². The predicted octanol–water partition coefficient (Wildman–Crippen LogP) is 3.52. The number of halogens is 3. The molecule has 0 aliphatic carbocycles. The summed E-state index contributed by atoms with van der Waals surface area (Å²) in [4.78, 5) is 13.9. The quantitative estimate of drug-likeness (QED) is 0.938. The average molecular weight is 297 g/mol. The minimum absolute atomic E-state index is 0.137. The van der Waals surface area contributed by atoms with Crippen molar-refractivity contribution in [1.29, 1.82) is 0 Å². The third-order valence-corrected chi connectivity index (χ3v) is 2.52. The van der Waals surface area contributed by atoms with Gasteiger partial charge in [0, 0.05) is 6.07 Å². The molecule has 1 N–H and O–H groups in total.